The second kappa shape index (κ2) is 17.0. The van der Waals surface area contributed by atoms with Crippen molar-refractivity contribution in [3.63, 3.8) is 0 Å². The number of ketones is 1. The molecule has 0 aromatic heterocycles. The number of carbonyl (C=O) groups is 4. The van der Waals surface area contributed by atoms with Gasteiger partial charge in [0.1, 0.15) is 17.1 Å². The molecule has 1 aliphatic carbocycles. The Kier molecular flexibility index (Phi) is 13.3. The quantitative estimate of drug-likeness (QED) is 0.240. The summed E-state index contributed by atoms with van der Waals surface area (Å²) < 4.78 is 22.2. The zero-order valence-electron chi connectivity index (χ0n) is 31.9. The molecule has 11 heteroatoms. The highest BCUT2D eigenvalue weighted by molar-refractivity contribution is 6.04. The molecular formula is C40H57N3O8. The normalized spacial score (nSPS) is 20.3. The number of carbonyl (C=O) groups excluding carboxylic acids is 4. The standard InChI is InChI=1S/C30H43N3O7.C10H14O/c1-8-38-14-13-32-24-16-23(11-12-25(24)39-30(6,7)27(32)36)33(22-9-10-22)26(35)21-15-20(19(2)34)17-31(18-21)28(37)40-29(3,4)5;1-9(8-11-2)10-6-4-3-5-7-10/h11-12,16,20-22H,8-10,13-15,17-18H2,1-7H3;3-7,9H,8H2,1-2H3. The predicted molar refractivity (Wildman–Crippen MR) is 197 cm³/mol. The molecule has 1 saturated heterocycles. The smallest absolute Gasteiger partial charge is 0.410 e. The number of methoxy groups -OCH3 is 1. The molecule has 51 heavy (non-hydrogen) atoms. The Labute approximate surface area is 303 Å². The third-order valence-corrected chi connectivity index (χ3v) is 9.26. The number of rotatable bonds is 11. The van der Waals surface area contributed by atoms with E-state index in [-0.39, 0.29) is 36.7 Å². The monoisotopic (exact) mass is 707 g/mol. The van der Waals surface area contributed by atoms with Gasteiger partial charge in [0.15, 0.2) is 5.60 Å². The number of amides is 3. The van der Waals surface area contributed by atoms with E-state index in [9.17, 15) is 19.2 Å². The van der Waals surface area contributed by atoms with Crippen molar-refractivity contribution in [2.75, 3.05) is 56.4 Å². The van der Waals surface area contributed by atoms with E-state index < -0.39 is 29.1 Å². The fourth-order valence-electron chi connectivity index (χ4n) is 6.45. The number of Topliss-reactive ketones (excluding diaryl/α,β-unsaturated/α-hetero) is 1. The van der Waals surface area contributed by atoms with Crippen LogP contribution in [0.2, 0.25) is 0 Å². The molecule has 3 unspecified atom stereocenters. The Morgan fingerprint density at radius 1 is 1.04 bits per heavy atom. The van der Waals surface area contributed by atoms with Gasteiger partial charge < -0.3 is 33.6 Å². The van der Waals surface area contributed by atoms with Crippen LogP contribution in [0, 0.1) is 11.8 Å². The molecule has 3 aliphatic rings. The first-order valence-electron chi connectivity index (χ1n) is 18.1. The van der Waals surface area contributed by atoms with Gasteiger partial charge in [0.05, 0.1) is 24.8 Å². The van der Waals surface area contributed by atoms with Crippen LogP contribution in [0.1, 0.15) is 86.1 Å². The van der Waals surface area contributed by atoms with Gasteiger partial charge in [0.25, 0.3) is 5.91 Å². The fraction of sp³-hybridized carbons (Fsp3) is 0.600. The molecule has 3 amide bonds. The Morgan fingerprint density at radius 3 is 2.29 bits per heavy atom. The van der Waals surface area contributed by atoms with Gasteiger partial charge in [0, 0.05) is 56.9 Å². The molecule has 2 fully saturated rings. The summed E-state index contributed by atoms with van der Waals surface area (Å²) in [5, 5.41) is 0. The Balaban J connectivity index is 0.000000452. The first kappa shape index (κ1) is 39.8. The van der Waals surface area contributed by atoms with Crippen molar-refractivity contribution in [2.45, 2.75) is 97.8 Å². The van der Waals surface area contributed by atoms with Crippen LogP contribution in [-0.4, -0.2) is 92.4 Å². The lowest BCUT2D eigenvalue weighted by atomic mass is 9.86. The summed E-state index contributed by atoms with van der Waals surface area (Å²) >= 11 is 0. The first-order chi connectivity index (χ1) is 24.1. The molecule has 2 heterocycles. The minimum absolute atomic E-state index is 0.0201. The van der Waals surface area contributed by atoms with Gasteiger partial charge in [-0.25, -0.2) is 4.79 Å². The predicted octanol–water partition coefficient (Wildman–Crippen LogP) is 6.62. The Morgan fingerprint density at radius 2 is 1.71 bits per heavy atom. The van der Waals surface area contributed by atoms with Crippen LogP contribution < -0.4 is 14.5 Å². The zero-order valence-corrected chi connectivity index (χ0v) is 31.9. The average molecular weight is 708 g/mol. The van der Waals surface area contributed by atoms with Gasteiger partial charge in [-0.15, -0.1) is 0 Å². The first-order valence-corrected chi connectivity index (χ1v) is 18.1. The number of hydrogen-bond acceptors (Lipinski definition) is 8. The van der Waals surface area contributed by atoms with Crippen molar-refractivity contribution in [3.05, 3.63) is 54.1 Å². The number of hydrogen-bond donors (Lipinski definition) is 0. The fourth-order valence-corrected chi connectivity index (χ4v) is 6.45. The molecule has 1 saturated carbocycles. The summed E-state index contributed by atoms with van der Waals surface area (Å²) in [4.78, 5) is 57.7. The topological polar surface area (TPSA) is 115 Å². The maximum absolute atomic E-state index is 14.1. The third kappa shape index (κ3) is 10.5. The lowest BCUT2D eigenvalue weighted by Gasteiger charge is -2.40. The van der Waals surface area contributed by atoms with Crippen molar-refractivity contribution in [1.82, 2.24) is 4.90 Å². The van der Waals surface area contributed by atoms with Gasteiger partial charge in [0.2, 0.25) is 5.91 Å². The van der Waals surface area contributed by atoms with Crippen molar-refractivity contribution in [1.29, 1.82) is 0 Å². The number of fused-ring (bicyclic) bond motifs is 1. The van der Waals surface area contributed by atoms with Crippen LogP contribution in [0.3, 0.4) is 0 Å². The Bertz CT molecular complexity index is 1520. The number of likely N-dealkylation sites (tertiary alicyclic amines) is 1. The lowest BCUT2D eigenvalue weighted by Crippen LogP contribution is -2.53. The number of piperidine rings is 1. The van der Waals surface area contributed by atoms with E-state index in [0.29, 0.717) is 49.2 Å². The SMILES string of the molecule is CCOCCN1C(=O)C(C)(C)Oc2ccc(N(C(=O)C3CC(C(C)=O)CN(C(=O)OC(C)(C)C)C3)C3CC3)cc21.COCC(C)c1ccccc1. The minimum atomic E-state index is -1.03. The van der Waals surface area contributed by atoms with Crippen molar-refractivity contribution in [2.24, 2.45) is 11.8 Å². The van der Waals surface area contributed by atoms with E-state index in [4.69, 9.17) is 18.9 Å². The largest absolute Gasteiger partial charge is 0.476 e. The van der Waals surface area contributed by atoms with Gasteiger partial charge in [-0.05, 0) is 91.5 Å². The van der Waals surface area contributed by atoms with E-state index in [1.54, 1.807) is 57.6 Å². The highest BCUT2D eigenvalue weighted by Crippen LogP contribution is 2.43. The van der Waals surface area contributed by atoms with E-state index in [2.05, 4.69) is 31.2 Å². The molecule has 280 valence electrons. The number of benzene rings is 2. The van der Waals surface area contributed by atoms with Gasteiger partial charge in [-0.1, -0.05) is 37.3 Å². The molecule has 11 nitrogen and oxygen atoms in total. The maximum Gasteiger partial charge on any atom is 0.410 e. The highest BCUT2D eigenvalue weighted by Gasteiger charge is 2.44. The molecule has 5 rings (SSSR count). The van der Waals surface area contributed by atoms with E-state index in [0.717, 1.165) is 19.4 Å². The zero-order chi connectivity index (χ0) is 37.5. The molecule has 0 spiro atoms. The van der Waals surface area contributed by atoms with Crippen molar-refractivity contribution < 1.29 is 38.1 Å². The maximum atomic E-state index is 14.1. The number of anilines is 2. The molecule has 3 atom stereocenters. The molecular weight excluding hydrogens is 650 g/mol. The summed E-state index contributed by atoms with van der Waals surface area (Å²) in [7, 11) is 1.74. The summed E-state index contributed by atoms with van der Waals surface area (Å²) in [6, 6.07) is 15.9. The minimum Gasteiger partial charge on any atom is -0.476 e. The van der Waals surface area contributed by atoms with Crippen LogP contribution in [0.4, 0.5) is 16.2 Å². The summed E-state index contributed by atoms with van der Waals surface area (Å²) in [5.41, 5.74) is 0.889. The van der Waals surface area contributed by atoms with Gasteiger partial charge >= 0.3 is 6.09 Å². The molecule has 2 aliphatic heterocycles. The molecule has 2 aromatic carbocycles. The summed E-state index contributed by atoms with van der Waals surface area (Å²) in [6.07, 6.45) is 1.57. The number of ether oxygens (including phenoxy) is 4. The lowest BCUT2D eigenvalue weighted by molar-refractivity contribution is -0.133. The van der Waals surface area contributed by atoms with Crippen LogP contribution in [-0.2, 0) is 28.6 Å². The number of nitrogens with zero attached hydrogens (tertiary/aromatic N) is 3. The van der Waals surface area contributed by atoms with Crippen LogP contribution in [0.15, 0.2) is 48.5 Å². The average Bonchev–Trinajstić information content (AvgIpc) is 3.92. The third-order valence-electron chi connectivity index (χ3n) is 9.26. The summed E-state index contributed by atoms with van der Waals surface area (Å²) in [5.74, 6) is -0.294. The van der Waals surface area contributed by atoms with Crippen LogP contribution in [0.5, 0.6) is 5.75 Å². The van der Waals surface area contributed by atoms with E-state index in [1.807, 2.05) is 25.1 Å². The van der Waals surface area contributed by atoms with Crippen LogP contribution >= 0.6 is 0 Å². The highest BCUT2D eigenvalue weighted by atomic mass is 16.6. The van der Waals surface area contributed by atoms with E-state index in [1.165, 1.54) is 17.4 Å². The molecule has 0 bridgehead atoms. The van der Waals surface area contributed by atoms with Gasteiger partial charge in [-0.3, -0.25) is 14.4 Å². The van der Waals surface area contributed by atoms with Crippen LogP contribution in [0.25, 0.3) is 0 Å². The summed E-state index contributed by atoms with van der Waals surface area (Å²) in [6.45, 7) is 16.9. The van der Waals surface area contributed by atoms with Gasteiger partial charge in [-0.2, -0.15) is 0 Å². The molecule has 2 aromatic rings. The van der Waals surface area contributed by atoms with Crippen molar-refractivity contribution >= 4 is 35.1 Å². The Hall–Kier alpha value is -3.96. The molecule has 0 N–H and O–H groups in total. The van der Waals surface area contributed by atoms with E-state index >= 15 is 0 Å². The second-order valence-corrected chi connectivity index (χ2v) is 15.3. The molecule has 0 radical (unpaired) electrons. The van der Waals surface area contributed by atoms with Crippen molar-refractivity contribution in [3.8, 4) is 5.75 Å². The second-order valence-electron chi connectivity index (χ2n) is 15.3.